The van der Waals surface area contributed by atoms with Crippen LogP contribution in [-0.2, 0) is 96.0 Å². The van der Waals surface area contributed by atoms with Crippen LogP contribution < -0.4 is 69.5 Å². The van der Waals surface area contributed by atoms with Crippen molar-refractivity contribution in [2.75, 3.05) is 32.8 Å². The van der Waals surface area contributed by atoms with E-state index in [1.54, 1.807) is 119 Å². The van der Waals surface area contributed by atoms with Gasteiger partial charge in [0.1, 0.15) is 67.0 Å². The molecule has 111 heavy (non-hydrogen) atoms. The van der Waals surface area contributed by atoms with E-state index in [4.69, 9.17) is 10.8 Å². The molecule has 1 aliphatic heterocycles. The van der Waals surface area contributed by atoms with E-state index in [1.807, 2.05) is 5.32 Å². The van der Waals surface area contributed by atoms with Crippen molar-refractivity contribution in [1.82, 2.24) is 78.7 Å². The maximum atomic E-state index is 15.0. The average molecular weight is 1550 g/mol. The molecule has 0 saturated carbocycles. The molecule has 5 aromatic rings. The second kappa shape index (κ2) is 42.2. The number of aromatic nitrogens is 2. The topological polar surface area (TPSA) is 600 Å². The predicted octanol–water partition coefficient (Wildman–Crippen LogP) is -4.41. The number of fused-ring (bicyclic) bond motifs is 2. The number of aliphatic hydroxyl groups is 3. The van der Waals surface area contributed by atoms with Crippen LogP contribution in [0.15, 0.2) is 91.3 Å². The first-order chi connectivity index (χ1) is 52.5. The molecule has 0 bridgehead atoms. The zero-order valence-electron chi connectivity index (χ0n) is 62.0. The summed E-state index contributed by atoms with van der Waals surface area (Å²) in [6.07, 6.45) is -2.55. The van der Waals surface area contributed by atoms with Gasteiger partial charge in [-0.15, -0.1) is 0 Å². The maximum Gasteiger partial charge on any atom is 0.322 e. The molecule has 2 aromatic heterocycles. The van der Waals surface area contributed by atoms with Gasteiger partial charge in [-0.3, -0.25) is 76.7 Å². The number of aliphatic carboxylic acids is 3. The number of carboxylic acids is 3. The Morgan fingerprint density at radius 1 is 0.450 bits per heavy atom. The quantitative estimate of drug-likeness (QED) is 0.0175. The van der Waals surface area contributed by atoms with Crippen LogP contribution in [0.3, 0.4) is 0 Å². The van der Waals surface area contributed by atoms with Crippen molar-refractivity contribution >= 4 is 117 Å². The summed E-state index contributed by atoms with van der Waals surface area (Å²) in [5.41, 5.74) is 9.35. The largest absolute Gasteiger partial charge is 0.481 e. The summed E-state index contributed by atoms with van der Waals surface area (Å²) in [5.74, 6) is -18.8. The zero-order chi connectivity index (χ0) is 81.9. The number of carbonyl (C=O) groups is 16. The van der Waals surface area contributed by atoms with Crippen molar-refractivity contribution in [2.24, 2.45) is 17.6 Å². The highest BCUT2D eigenvalue weighted by molar-refractivity contribution is 6.01. The third-order valence-electron chi connectivity index (χ3n) is 17.9. The Bertz CT molecular complexity index is 4160. The molecule has 13 amide bonds. The number of benzene rings is 3. The molecule has 1 saturated heterocycles. The van der Waals surface area contributed by atoms with E-state index in [2.05, 4.69) is 68.5 Å². The van der Waals surface area contributed by atoms with Crippen LogP contribution in [0.2, 0.25) is 0 Å². The third kappa shape index (κ3) is 27.0. The highest BCUT2D eigenvalue weighted by Crippen LogP contribution is 2.24. The second-order valence-electron chi connectivity index (χ2n) is 27.8. The highest BCUT2D eigenvalue weighted by atomic mass is 16.4. The van der Waals surface area contributed by atoms with Gasteiger partial charge in [0, 0.05) is 53.6 Å². The summed E-state index contributed by atoms with van der Waals surface area (Å²) in [6.45, 7) is 5.33. The number of hydrogen-bond donors (Lipinski definition) is 21. The molecule has 1 aliphatic rings. The molecule has 22 N–H and O–H groups in total. The number of likely N-dealkylation sites (tertiary alicyclic amines) is 1. The number of carbonyl (C=O) groups excluding carboxylic acids is 13. The molecule has 3 aromatic carbocycles. The molecule has 1 fully saturated rings. The number of aromatic amines is 2. The van der Waals surface area contributed by atoms with Crippen LogP contribution in [0.4, 0.5) is 0 Å². The molecule has 6 rings (SSSR count). The van der Waals surface area contributed by atoms with Gasteiger partial charge in [-0.05, 0) is 86.6 Å². The first-order valence-electron chi connectivity index (χ1n) is 35.9. The Balaban J connectivity index is 1.12. The molecule has 0 unspecified atom stereocenters. The summed E-state index contributed by atoms with van der Waals surface area (Å²) >= 11 is 0. The van der Waals surface area contributed by atoms with Crippen LogP contribution in [0.1, 0.15) is 96.8 Å². The van der Waals surface area contributed by atoms with Gasteiger partial charge < -0.3 is 115 Å². The minimum absolute atomic E-state index is 0.00957. The van der Waals surface area contributed by atoms with E-state index in [0.29, 0.717) is 27.6 Å². The normalized spacial score (nSPS) is 15.9. The van der Waals surface area contributed by atoms with Crippen LogP contribution in [0.5, 0.6) is 0 Å². The molecule has 0 radical (unpaired) electrons. The van der Waals surface area contributed by atoms with Gasteiger partial charge in [-0.25, -0.2) is 0 Å². The van der Waals surface area contributed by atoms with Gasteiger partial charge >= 0.3 is 17.9 Å². The number of hydrogen-bond acceptors (Lipinski definition) is 20. The van der Waals surface area contributed by atoms with Crippen molar-refractivity contribution in [3.05, 3.63) is 108 Å². The van der Waals surface area contributed by atoms with Crippen LogP contribution >= 0.6 is 0 Å². The number of nitrogens with zero attached hydrogens (tertiary/aromatic N) is 1. The van der Waals surface area contributed by atoms with Crippen molar-refractivity contribution in [2.45, 2.75) is 178 Å². The van der Waals surface area contributed by atoms with E-state index < -0.39 is 218 Å². The first-order valence-corrected chi connectivity index (χ1v) is 35.9. The highest BCUT2D eigenvalue weighted by Gasteiger charge is 2.42. The fraction of sp³-hybridized carbons (Fsp3) is 0.479. The Morgan fingerprint density at radius 2 is 0.901 bits per heavy atom. The summed E-state index contributed by atoms with van der Waals surface area (Å²) in [6, 6.07) is 4.68. The number of rotatable bonds is 43. The van der Waals surface area contributed by atoms with Gasteiger partial charge in [0.05, 0.1) is 50.8 Å². The van der Waals surface area contributed by atoms with Gasteiger partial charge in [-0.2, -0.15) is 0 Å². The van der Waals surface area contributed by atoms with Gasteiger partial charge in [-0.1, -0.05) is 94.4 Å². The van der Waals surface area contributed by atoms with Crippen molar-refractivity contribution < 1.29 is 107 Å². The molecular weight excluding hydrogens is 1450 g/mol. The molecule has 3 heterocycles. The van der Waals surface area contributed by atoms with E-state index in [0.717, 1.165) is 29.7 Å². The van der Waals surface area contributed by atoms with Crippen LogP contribution in [-0.4, -0.2) is 252 Å². The molecule has 38 nitrogen and oxygen atoms in total. The van der Waals surface area contributed by atoms with Crippen molar-refractivity contribution in [3.8, 4) is 0 Å². The monoisotopic (exact) mass is 1550 g/mol. The zero-order valence-corrected chi connectivity index (χ0v) is 62.0. The standard InChI is InChI=1S/C73H98N16O22/c1-36(2)23-48(65(103)82-50(27-42-31-76-47-20-13-11-18-44(42)47)66(104)85-53(25-40-15-8-7-9-16-40)73(111)89-22-14-21-55(89)70(108)83-51(28-58(95)96)64(102)78-32-56(93)77-34-60(99)100)80-57(94)33-79-71(109)61(38(5)91)88-68(106)49(24-37(3)4)81-69(107)54(35-90)86-67(105)52(29-59(97)98)84-72(110)62(39(6)92)87-63(101)45(74)26-41-30-75-46-19-12-10-17-43(41)46/h7-13,15-20,30-31,36-39,45,48-55,61-62,75-76,90-92H,14,21-29,32-35,74H2,1-6H3,(H,77,93)(H,78,102)(H,79,109)(H,80,94)(H,81,107)(H,82,103)(H,83,108)(H,84,110)(H,85,104)(H,86,105)(H,87,101)(H,88,106)(H,95,96)(H,97,98)(H,99,100)/t38-,39-,45+,48+,49+,50+,51+,52+,53+,54+,55+,61+,62+/m1/s1. The number of aliphatic hydroxyl groups excluding tert-OH is 3. The SMILES string of the molecule is CC(C)C[C@H](NC(=O)CNC(=O)[C@@H](NC(=O)[C@H](CC(C)C)NC(=O)[C@H](CO)NC(=O)[C@H](CC(=O)O)NC(=O)[C@@H](NC(=O)[C@@H](N)Cc1c[nH]c2ccccc12)[C@@H](C)O)[C@@H](C)O)C(=O)N[C@@H](Cc1c[nH]c2ccccc12)C(=O)N[C@@H](Cc1ccccc1)C(=O)N1CCC[C@H]1C(=O)N[C@@H](CC(=O)O)C(=O)NCC(=O)NCC(=O)O. The van der Waals surface area contributed by atoms with E-state index in [1.165, 1.54) is 0 Å². The van der Waals surface area contributed by atoms with Crippen LogP contribution in [0.25, 0.3) is 21.8 Å². The fourth-order valence-electron chi connectivity index (χ4n) is 12.3. The lowest BCUT2D eigenvalue weighted by atomic mass is 9.99. The molecule has 0 spiro atoms. The summed E-state index contributed by atoms with van der Waals surface area (Å²) in [4.78, 5) is 223. The van der Waals surface area contributed by atoms with Gasteiger partial charge in [0.15, 0.2) is 0 Å². The smallest absolute Gasteiger partial charge is 0.322 e. The number of nitrogens with two attached hydrogens (primary N) is 1. The molecule has 13 atom stereocenters. The summed E-state index contributed by atoms with van der Waals surface area (Å²) < 4.78 is 0. The summed E-state index contributed by atoms with van der Waals surface area (Å²) in [5, 5.41) is 89.7. The molecule has 0 aliphatic carbocycles. The summed E-state index contributed by atoms with van der Waals surface area (Å²) in [7, 11) is 0. The lowest BCUT2D eigenvalue weighted by molar-refractivity contribution is -0.144. The Hall–Kier alpha value is -11.9. The molecule has 602 valence electrons. The number of amides is 13. The fourth-order valence-corrected chi connectivity index (χ4v) is 12.3. The lowest BCUT2D eigenvalue weighted by Crippen LogP contribution is -2.62. The number of H-pyrrole nitrogens is 2. The Morgan fingerprint density at radius 3 is 1.46 bits per heavy atom. The third-order valence-corrected chi connectivity index (χ3v) is 17.9. The maximum absolute atomic E-state index is 15.0. The van der Waals surface area contributed by atoms with Crippen molar-refractivity contribution in [3.63, 3.8) is 0 Å². The van der Waals surface area contributed by atoms with E-state index in [-0.39, 0.29) is 57.4 Å². The minimum Gasteiger partial charge on any atom is -0.481 e. The Labute approximate surface area is 636 Å². The van der Waals surface area contributed by atoms with Gasteiger partial charge in [0.25, 0.3) is 0 Å². The lowest BCUT2D eigenvalue weighted by Gasteiger charge is -2.31. The number of carboxylic acid groups (broad SMARTS) is 3. The predicted molar refractivity (Wildman–Crippen MR) is 395 cm³/mol. The van der Waals surface area contributed by atoms with Crippen molar-refractivity contribution in [1.29, 1.82) is 0 Å². The van der Waals surface area contributed by atoms with Crippen LogP contribution in [0, 0.1) is 11.8 Å². The van der Waals surface area contributed by atoms with E-state index >= 15 is 4.79 Å². The molecule has 38 heteroatoms. The second-order valence-corrected chi connectivity index (χ2v) is 27.8. The van der Waals surface area contributed by atoms with E-state index in [9.17, 15) is 97.5 Å². The Kier molecular flexibility index (Phi) is 33.4. The first kappa shape index (κ1) is 88.0. The average Bonchev–Trinajstić information content (AvgIpc) is 1.75. The minimum atomic E-state index is -2.01. The number of nitrogens with one attached hydrogen (secondary N) is 14. The number of para-hydroxylation sites is 2. The van der Waals surface area contributed by atoms with Gasteiger partial charge in [0.2, 0.25) is 76.8 Å². The molecular formula is C73H98N16O22.